The number of amides is 1. The number of hydrogen-bond donors (Lipinski definition) is 1. The highest BCUT2D eigenvalue weighted by molar-refractivity contribution is 7.99. The number of rotatable bonds is 2. The number of aromatic nitrogens is 1. The van der Waals surface area contributed by atoms with Crippen LogP contribution in [0.15, 0.2) is 29.2 Å². The third-order valence-corrected chi connectivity index (χ3v) is 6.26. The fourth-order valence-electron chi connectivity index (χ4n) is 2.36. The van der Waals surface area contributed by atoms with Crippen molar-refractivity contribution in [3.05, 3.63) is 55.7 Å². The molecule has 1 aliphatic rings. The van der Waals surface area contributed by atoms with Crippen molar-refractivity contribution in [2.24, 2.45) is 0 Å². The topological polar surface area (TPSA) is 42.0 Å². The minimum atomic E-state index is -0.429. The molecule has 1 aromatic heterocycles. The summed E-state index contributed by atoms with van der Waals surface area (Å²) in [4.78, 5) is 17.7. The number of carbonyl (C=O) groups excluding carboxylic acids is 1. The van der Waals surface area contributed by atoms with Gasteiger partial charge in [-0.1, -0.05) is 64.6 Å². The summed E-state index contributed by atoms with van der Waals surface area (Å²) in [7, 11) is 0. The molecule has 1 aromatic carbocycles. The number of pyridine rings is 1. The van der Waals surface area contributed by atoms with E-state index in [9.17, 15) is 4.79 Å². The minimum Gasteiger partial charge on any atom is -0.344 e. The molecule has 0 spiro atoms. The van der Waals surface area contributed by atoms with Gasteiger partial charge in [0.15, 0.2) is 0 Å². The number of nitrogens with zero attached hydrogens (tertiary/aromatic N) is 1. The molecule has 0 aliphatic carbocycles. The normalized spacial score (nSPS) is 16.8. The molecule has 8 heteroatoms. The quantitative estimate of drug-likeness (QED) is 0.652. The Bertz CT molecular complexity index is 784. The van der Waals surface area contributed by atoms with Crippen LogP contribution in [0.2, 0.25) is 20.2 Å². The average molecular weight is 408 g/mol. The summed E-state index contributed by atoms with van der Waals surface area (Å²) in [6.45, 7) is 0. The Morgan fingerprint density at radius 3 is 2.65 bits per heavy atom. The van der Waals surface area contributed by atoms with Crippen LogP contribution < -0.4 is 5.32 Å². The van der Waals surface area contributed by atoms with Gasteiger partial charge in [-0.25, -0.2) is 4.98 Å². The maximum Gasteiger partial charge on any atom is 0.272 e. The Balaban J connectivity index is 1.89. The summed E-state index contributed by atoms with van der Waals surface area (Å²) in [6, 6.07) is 7.87. The molecule has 3 nitrogen and oxygen atoms in total. The zero-order valence-corrected chi connectivity index (χ0v) is 15.4. The Morgan fingerprint density at radius 2 is 1.87 bits per heavy atom. The minimum absolute atomic E-state index is 0.00274. The van der Waals surface area contributed by atoms with E-state index in [2.05, 4.69) is 10.3 Å². The highest BCUT2D eigenvalue weighted by Gasteiger charge is 2.25. The number of hydrogen-bond acceptors (Lipinski definition) is 3. The first-order valence-electron chi connectivity index (χ1n) is 6.71. The fraction of sp³-hybridized carbons (Fsp3) is 0.200. The second-order valence-corrected chi connectivity index (χ2v) is 7.52. The van der Waals surface area contributed by atoms with Gasteiger partial charge in [-0.15, -0.1) is 11.8 Å². The van der Waals surface area contributed by atoms with Crippen LogP contribution in [-0.2, 0) is 0 Å². The van der Waals surface area contributed by atoms with E-state index in [4.69, 9.17) is 46.4 Å². The molecule has 0 saturated carbocycles. The number of carbonyl (C=O) groups is 1. The van der Waals surface area contributed by atoms with E-state index >= 15 is 0 Å². The lowest BCUT2D eigenvalue weighted by atomic mass is 10.0. The summed E-state index contributed by atoms with van der Waals surface area (Å²) in [5.74, 6) is 0.493. The summed E-state index contributed by atoms with van der Waals surface area (Å²) in [6.07, 6.45) is 0.820. The van der Waals surface area contributed by atoms with Crippen LogP contribution in [0.5, 0.6) is 0 Å². The van der Waals surface area contributed by atoms with E-state index in [1.807, 2.05) is 24.3 Å². The van der Waals surface area contributed by atoms with E-state index in [0.29, 0.717) is 0 Å². The molecule has 1 amide bonds. The van der Waals surface area contributed by atoms with E-state index in [1.165, 1.54) is 0 Å². The summed E-state index contributed by atoms with van der Waals surface area (Å²) in [5, 5.41) is 2.96. The van der Waals surface area contributed by atoms with Crippen molar-refractivity contribution >= 4 is 64.1 Å². The Morgan fingerprint density at radius 1 is 1.13 bits per heavy atom. The smallest absolute Gasteiger partial charge is 0.272 e. The van der Waals surface area contributed by atoms with E-state index in [1.54, 1.807) is 11.8 Å². The first-order chi connectivity index (χ1) is 11.0. The predicted molar refractivity (Wildman–Crippen MR) is 96.3 cm³/mol. The Hall–Kier alpha value is -0.650. The van der Waals surface area contributed by atoms with Gasteiger partial charge in [0.05, 0.1) is 21.1 Å². The molecule has 1 aliphatic heterocycles. The Kier molecular flexibility index (Phi) is 5.29. The second kappa shape index (κ2) is 7.08. The zero-order valence-electron chi connectivity index (χ0n) is 11.6. The van der Waals surface area contributed by atoms with E-state index in [-0.39, 0.29) is 32.0 Å². The summed E-state index contributed by atoms with van der Waals surface area (Å²) < 4.78 is 0. The third-order valence-electron chi connectivity index (χ3n) is 3.46. The third kappa shape index (κ3) is 3.42. The molecule has 120 valence electrons. The van der Waals surface area contributed by atoms with Gasteiger partial charge in [-0.2, -0.15) is 0 Å². The van der Waals surface area contributed by atoms with Crippen LogP contribution in [0.1, 0.15) is 28.5 Å². The number of nitrogens with one attached hydrogen (secondary N) is 1. The van der Waals surface area contributed by atoms with Crippen molar-refractivity contribution < 1.29 is 4.79 Å². The monoisotopic (exact) mass is 406 g/mol. The second-order valence-electron chi connectivity index (χ2n) is 4.89. The van der Waals surface area contributed by atoms with Crippen molar-refractivity contribution in [3.63, 3.8) is 0 Å². The molecule has 23 heavy (non-hydrogen) atoms. The fourth-order valence-corrected chi connectivity index (χ4v) is 4.30. The molecule has 1 N–H and O–H groups in total. The van der Waals surface area contributed by atoms with Crippen LogP contribution in [0.4, 0.5) is 0 Å². The first-order valence-corrected chi connectivity index (χ1v) is 9.21. The van der Waals surface area contributed by atoms with Gasteiger partial charge < -0.3 is 5.32 Å². The zero-order chi connectivity index (χ0) is 16.6. The van der Waals surface area contributed by atoms with Crippen LogP contribution in [0, 0.1) is 0 Å². The number of halogens is 4. The highest BCUT2D eigenvalue weighted by atomic mass is 35.5. The molecule has 0 bridgehead atoms. The largest absolute Gasteiger partial charge is 0.344 e. The average Bonchev–Trinajstić information content (AvgIpc) is 2.56. The van der Waals surface area contributed by atoms with Crippen LogP contribution in [0.3, 0.4) is 0 Å². The number of thioether (sulfide) groups is 1. The predicted octanol–water partition coefficient (Wildman–Crippen LogP) is 5.66. The van der Waals surface area contributed by atoms with Crippen molar-refractivity contribution in [2.45, 2.75) is 17.4 Å². The van der Waals surface area contributed by atoms with Gasteiger partial charge in [-0.3, -0.25) is 4.79 Å². The number of fused-ring (bicyclic) bond motifs is 1. The lowest BCUT2D eigenvalue weighted by Crippen LogP contribution is -2.31. The molecular weight excluding hydrogens is 398 g/mol. The van der Waals surface area contributed by atoms with Gasteiger partial charge in [0.25, 0.3) is 5.91 Å². The highest BCUT2D eigenvalue weighted by Crippen LogP contribution is 2.38. The molecule has 0 radical (unpaired) electrons. The maximum atomic E-state index is 12.5. The van der Waals surface area contributed by atoms with Gasteiger partial charge in [0.2, 0.25) is 0 Å². The van der Waals surface area contributed by atoms with Crippen molar-refractivity contribution in [2.75, 3.05) is 5.75 Å². The Labute approximate surface area is 157 Å². The standard InChI is InChI=1S/C15H10Cl4N2OS/c16-10-11(17)13(21-14(19)12(10)18)15(22)20-8-5-6-23-9-4-2-1-3-7(8)9/h1-4,8H,5-6H2,(H,20,22). The van der Waals surface area contributed by atoms with Crippen LogP contribution in [0.25, 0.3) is 0 Å². The van der Waals surface area contributed by atoms with E-state index in [0.717, 1.165) is 22.6 Å². The van der Waals surface area contributed by atoms with Gasteiger partial charge in [0, 0.05) is 10.6 Å². The molecule has 0 fully saturated rings. The number of benzene rings is 1. The first kappa shape index (κ1) is 17.2. The van der Waals surface area contributed by atoms with Crippen molar-refractivity contribution in [3.8, 4) is 0 Å². The molecule has 0 saturated heterocycles. The lowest BCUT2D eigenvalue weighted by molar-refractivity contribution is 0.0930. The van der Waals surface area contributed by atoms with E-state index < -0.39 is 5.91 Å². The lowest BCUT2D eigenvalue weighted by Gasteiger charge is -2.26. The SMILES string of the molecule is O=C(NC1CCSc2ccccc21)c1nc(Cl)c(Cl)c(Cl)c1Cl. The molecule has 2 aromatic rings. The van der Waals surface area contributed by atoms with Gasteiger partial charge in [-0.05, 0) is 18.1 Å². The molecule has 2 heterocycles. The van der Waals surface area contributed by atoms with Crippen LogP contribution >= 0.6 is 58.2 Å². The van der Waals surface area contributed by atoms with Crippen LogP contribution in [-0.4, -0.2) is 16.6 Å². The molecular formula is C15H10Cl4N2OS. The van der Waals surface area contributed by atoms with Gasteiger partial charge >= 0.3 is 0 Å². The summed E-state index contributed by atoms with van der Waals surface area (Å²) in [5.41, 5.74) is 1.06. The summed E-state index contributed by atoms with van der Waals surface area (Å²) >= 11 is 25.6. The van der Waals surface area contributed by atoms with Gasteiger partial charge in [0.1, 0.15) is 10.8 Å². The molecule has 3 rings (SSSR count). The maximum absolute atomic E-state index is 12.5. The molecule has 1 unspecified atom stereocenters. The van der Waals surface area contributed by atoms with Crippen molar-refractivity contribution in [1.82, 2.24) is 10.3 Å². The van der Waals surface area contributed by atoms with Crippen molar-refractivity contribution in [1.29, 1.82) is 0 Å². The molecule has 1 atom stereocenters.